The fourth-order valence-electron chi connectivity index (χ4n) is 4.56. The summed E-state index contributed by atoms with van der Waals surface area (Å²) in [6, 6.07) is 14.3. The van der Waals surface area contributed by atoms with E-state index in [-0.39, 0.29) is 18.5 Å². The van der Waals surface area contributed by atoms with E-state index in [0.29, 0.717) is 23.4 Å². The number of aryl methyl sites for hydroxylation is 1. The zero-order chi connectivity index (χ0) is 22.7. The Labute approximate surface area is 192 Å². The third-order valence-electron chi connectivity index (χ3n) is 6.41. The molecule has 4 rings (SSSR count). The second kappa shape index (κ2) is 9.30. The van der Waals surface area contributed by atoms with Crippen molar-refractivity contribution in [3.63, 3.8) is 0 Å². The quantitative estimate of drug-likeness (QED) is 0.629. The molecule has 2 aliphatic heterocycles. The van der Waals surface area contributed by atoms with Gasteiger partial charge in [-0.1, -0.05) is 41.9 Å². The summed E-state index contributed by atoms with van der Waals surface area (Å²) in [4.78, 5) is 40.9. The zero-order valence-electron chi connectivity index (χ0n) is 17.9. The number of nitrogens with two attached hydrogens (primary N) is 1. The molecule has 0 radical (unpaired) electrons. The van der Waals surface area contributed by atoms with Crippen LogP contribution in [0.5, 0.6) is 0 Å². The van der Waals surface area contributed by atoms with Crippen molar-refractivity contribution in [2.24, 2.45) is 5.73 Å². The summed E-state index contributed by atoms with van der Waals surface area (Å²) in [5, 5.41) is 3.57. The maximum atomic E-state index is 13.1. The summed E-state index contributed by atoms with van der Waals surface area (Å²) in [5.74, 6) is -0.549. The molecule has 2 saturated heterocycles. The monoisotopic (exact) mass is 454 g/mol. The van der Waals surface area contributed by atoms with E-state index in [0.717, 1.165) is 43.6 Å². The van der Waals surface area contributed by atoms with Crippen molar-refractivity contribution in [2.75, 3.05) is 19.6 Å². The molecule has 168 valence electrons. The number of benzene rings is 2. The first-order chi connectivity index (χ1) is 15.4. The number of carbonyl (C=O) groups is 3. The van der Waals surface area contributed by atoms with Crippen LogP contribution >= 0.6 is 11.6 Å². The molecule has 3 N–H and O–H groups in total. The maximum Gasteiger partial charge on any atom is 0.325 e. The first-order valence-corrected chi connectivity index (χ1v) is 11.2. The Kier molecular flexibility index (Phi) is 6.48. The summed E-state index contributed by atoms with van der Waals surface area (Å²) >= 11 is 5.92. The number of carbonyl (C=O) groups excluding carboxylic acids is 3. The highest BCUT2D eigenvalue weighted by atomic mass is 35.5. The average Bonchev–Trinajstić information content (AvgIpc) is 3.01. The van der Waals surface area contributed by atoms with Crippen molar-refractivity contribution in [2.45, 2.75) is 37.8 Å². The van der Waals surface area contributed by atoms with Crippen molar-refractivity contribution >= 4 is 29.4 Å². The fourth-order valence-corrected chi connectivity index (χ4v) is 4.69. The largest absolute Gasteiger partial charge is 0.366 e. The molecule has 1 spiro atoms. The minimum Gasteiger partial charge on any atom is -0.366 e. The summed E-state index contributed by atoms with van der Waals surface area (Å²) < 4.78 is 0. The van der Waals surface area contributed by atoms with Gasteiger partial charge in [-0.15, -0.1) is 0 Å². The van der Waals surface area contributed by atoms with Crippen LogP contribution in [0.15, 0.2) is 48.5 Å². The van der Waals surface area contributed by atoms with E-state index in [1.165, 1.54) is 4.90 Å². The summed E-state index contributed by atoms with van der Waals surface area (Å²) in [6.45, 7) is 2.57. The van der Waals surface area contributed by atoms with Gasteiger partial charge in [0.2, 0.25) is 5.91 Å². The number of hydrogen-bond acceptors (Lipinski definition) is 4. The molecule has 2 fully saturated rings. The first kappa shape index (κ1) is 22.3. The fraction of sp³-hybridized carbons (Fsp3) is 0.375. The SMILES string of the molecule is NC(=O)c1ccccc1CCCN1CCC2(CC1)NC(=O)N(Cc1ccc(Cl)cc1)C2=O. The van der Waals surface area contributed by atoms with Gasteiger partial charge in [0, 0.05) is 23.7 Å². The number of imide groups is 1. The van der Waals surface area contributed by atoms with Gasteiger partial charge in [0.25, 0.3) is 5.91 Å². The average molecular weight is 455 g/mol. The lowest BCUT2D eigenvalue weighted by molar-refractivity contribution is -0.133. The van der Waals surface area contributed by atoms with E-state index in [1.54, 1.807) is 18.2 Å². The van der Waals surface area contributed by atoms with E-state index in [1.807, 2.05) is 30.3 Å². The summed E-state index contributed by atoms with van der Waals surface area (Å²) in [7, 11) is 0. The Hall–Kier alpha value is -2.90. The molecule has 0 unspecified atom stereocenters. The second-order valence-corrected chi connectivity index (χ2v) is 8.93. The molecule has 0 aromatic heterocycles. The Morgan fingerprint density at radius 1 is 1.06 bits per heavy atom. The number of hydrogen-bond donors (Lipinski definition) is 2. The number of primary amides is 1. The highest BCUT2D eigenvalue weighted by Crippen LogP contribution is 2.30. The number of rotatable bonds is 7. The highest BCUT2D eigenvalue weighted by molar-refractivity contribution is 6.30. The van der Waals surface area contributed by atoms with E-state index in [9.17, 15) is 14.4 Å². The Morgan fingerprint density at radius 2 is 1.75 bits per heavy atom. The van der Waals surface area contributed by atoms with Crippen LogP contribution in [0.2, 0.25) is 5.02 Å². The molecule has 4 amide bonds. The topological polar surface area (TPSA) is 95.7 Å². The number of urea groups is 1. The molecule has 0 atom stereocenters. The van der Waals surface area contributed by atoms with Gasteiger partial charge < -0.3 is 16.0 Å². The lowest BCUT2D eigenvalue weighted by Crippen LogP contribution is -2.55. The van der Waals surface area contributed by atoms with E-state index >= 15 is 0 Å². The molecular formula is C24H27ClN4O3. The number of nitrogens with zero attached hydrogens (tertiary/aromatic N) is 2. The molecule has 2 heterocycles. The first-order valence-electron chi connectivity index (χ1n) is 10.9. The predicted octanol–water partition coefficient (Wildman–Crippen LogP) is 2.96. The third-order valence-corrected chi connectivity index (χ3v) is 6.66. The van der Waals surface area contributed by atoms with Crippen LogP contribution in [0.25, 0.3) is 0 Å². The van der Waals surface area contributed by atoms with Crippen LogP contribution in [0.4, 0.5) is 4.79 Å². The normalized spacial score (nSPS) is 18.2. The van der Waals surface area contributed by atoms with E-state index in [2.05, 4.69) is 10.2 Å². The van der Waals surface area contributed by atoms with Crippen LogP contribution in [0.1, 0.15) is 40.7 Å². The number of likely N-dealkylation sites (tertiary alicyclic amines) is 1. The molecule has 7 nitrogen and oxygen atoms in total. The van der Waals surface area contributed by atoms with Gasteiger partial charge in [-0.05, 0) is 61.6 Å². The highest BCUT2D eigenvalue weighted by Gasteiger charge is 2.52. The summed E-state index contributed by atoms with van der Waals surface area (Å²) in [5.41, 5.74) is 7.05. The van der Waals surface area contributed by atoms with Crippen LogP contribution < -0.4 is 11.1 Å². The summed E-state index contributed by atoms with van der Waals surface area (Å²) in [6.07, 6.45) is 2.84. The molecular weight excluding hydrogens is 428 g/mol. The molecule has 8 heteroatoms. The van der Waals surface area contributed by atoms with Crippen molar-refractivity contribution in [3.8, 4) is 0 Å². The Balaban J connectivity index is 1.30. The van der Waals surface area contributed by atoms with Crippen LogP contribution in [0.3, 0.4) is 0 Å². The minimum absolute atomic E-state index is 0.146. The molecule has 2 aliphatic rings. The molecule has 0 saturated carbocycles. The van der Waals surface area contributed by atoms with Crippen molar-refractivity contribution < 1.29 is 14.4 Å². The standard InChI is InChI=1S/C24H27ClN4O3/c25-19-9-7-17(8-10-19)16-29-22(31)24(27-23(29)32)11-14-28(15-12-24)13-3-5-18-4-1-2-6-20(18)21(26)30/h1-2,4,6-10H,3,5,11-16H2,(H2,26,30)(H,27,32). The van der Waals surface area contributed by atoms with Gasteiger partial charge >= 0.3 is 6.03 Å². The minimum atomic E-state index is -0.807. The lowest BCUT2D eigenvalue weighted by Gasteiger charge is -2.37. The van der Waals surface area contributed by atoms with Gasteiger partial charge in [-0.25, -0.2) is 4.79 Å². The number of halogens is 1. The second-order valence-electron chi connectivity index (χ2n) is 8.50. The van der Waals surface area contributed by atoms with Gasteiger partial charge in [0.1, 0.15) is 5.54 Å². The number of piperidine rings is 1. The third kappa shape index (κ3) is 4.64. The molecule has 32 heavy (non-hydrogen) atoms. The van der Waals surface area contributed by atoms with Gasteiger partial charge in [0.05, 0.1) is 6.54 Å². The van der Waals surface area contributed by atoms with E-state index < -0.39 is 11.4 Å². The molecule has 0 bridgehead atoms. The van der Waals surface area contributed by atoms with Crippen molar-refractivity contribution in [1.82, 2.24) is 15.1 Å². The predicted molar refractivity (Wildman–Crippen MR) is 122 cm³/mol. The molecule has 2 aromatic rings. The molecule has 0 aliphatic carbocycles. The Bertz CT molecular complexity index is 1020. The lowest BCUT2D eigenvalue weighted by atomic mass is 9.87. The van der Waals surface area contributed by atoms with Gasteiger partial charge in [-0.2, -0.15) is 0 Å². The Morgan fingerprint density at radius 3 is 2.44 bits per heavy atom. The van der Waals surface area contributed by atoms with E-state index in [4.69, 9.17) is 17.3 Å². The van der Waals surface area contributed by atoms with Crippen molar-refractivity contribution in [3.05, 3.63) is 70.2 Å². The number of nitrogens with one attached hydrogen (secondary N) is 1. The maximum absolute atomic E-state index is 13.1. The molecule has 2 aromatic carbocycles. The van der Waals surface area contributed by atoms with Crippen LogP contribution in [-0.2, 0) is 17.8 Å². The van der Waals surface area contributed by atoms with Crippen LogP contribution in [0, 0.1) is 0 Å². The van der Waals surface area contributed by atoms with Crippen molar-refractivity contribution in [1.29, 1.82) is 0 Å². The van der Waals surface area contributed by atoms with Gasteiger partial charge in [0.15, 0.2) is 0 Å². The van der Waals surface area contributed by atoms with Gasteiger partial charge in [-0.3, -0.25) is 14.5 Å². The zero-order valence-corrected chi connectivity index (χ0v) is 18.6. The van der Waals surface area contributed by atoms with Crippen LogP contribution in [-0.4, -0.2) is 52.8 Å². The number of amides is 4. The smallest absolute Gasteiger partial charge is 0.325 e.